The van der Waals surface area contributed by atoms with E-state index in [4.69, 9.17) is 5.73 Å². The topological polar surface area (TPSA) is 29.3 Å². The molecule has 2 aliphatic carbocycles. The zero-order valence-electron chi connectivity index (χ0n) is 14.6. The summed E-state index contributed by atoms with van der Waals surface area (Å²) >= 11 is 0. The number of nitrogens with two attached hydrogens (primary N) is 1. The van der Waals surface area contributed by atoms with Crippen molar-refractivity contribution in [3.63, 3.8) is 0 Å². The predicted molar refractivity (Wildman–Crippen MR) is 87.8 cm³/mol. The van der Waals surface area contributed by atoms with Crippen LogP contribution in [0.2, 0.25) is 0 Å². The van der Waals surface area contributed by atoms with Gasteiger partial charge >= 0.3 is 0 Å². The van der Waals surface area contributed by atoms with Gasteiger partial charge in [-0.25, -0.2) is 0 Å². The quantitative estimate of drug-likeness (QED) is 0.845. The van der Waals surface area contributed by atoms with Gasteiger partial charge in [-0.05, 0) is 62.3 Å². The molecule has 0 amide bonds. The van der Waals surface area contributed by atoms with Gasteiger partial charge in [0.1, 0.15) is 0 Å². The van der Waals surface area contributed by atoms with E-state index in [-0.39, 0.29) is 5.54 Å². The molecule has 0 aromatic carbocycles. The van der Waals surface area contributed by atoms with Gasteiger partial charge < -0.3 is 5.73 Å². The summed E-state index contributed by atoms with van der Waals surface area (Å²) in [6.07, 6.45) is 7.98. The molecule has 0 spiro atoms. The van der Waals surface area contributed by atoms with Crippen LogP contribution in [0.3, 0.4) is 0 Å². The van der Waals surface area contributed by atoms with Crippen molar-refractivity contribution in [3.05, 3.63) is 0 Å². The molecule has 118 valence electrons. The molecule has 2 heteroatoms. The van der Waals surface area contributed by atoms with E-state index in [0.717, 1.165) is 12.6 Å². The van der Waals surface area contributed by atoms with Crippen LogP contribution in [0.15, 0.2) is 0 Å². The highest BCUT2D eigenvalue weighted by atomic mass is 15.2. The Morgan fingerprint density at radius 3 is 2.00 bits per heavy atom. The van der Waals surface area contributed by atoms with Gasteiger partial charge in [0.25, 0.3) is 0 Å². The van der Waals surface area contributed by atoms with Gasteiger partial charge in [0.2, 0.25) is 0 Å². The van der Waals surface area contributed by atoms with Crippen LogP contribution in [0.25, 0.3) is 0 Å². The second kappa shape index (κ2) is 5.28. The highest BCUT2D eigenvalue weighted by Gasteiger charge is 2.51. The molecule has 0 bridgehead atoms. The molecular weight excluding hydrogens is 244 g/mol. The van der Waals surface area contributed by atoms with Crippen molar-refractivity contribution < 1.29 is 0 Å². The molecule has 2 N–H and O–H groups in total. The van der Waals surface area contributed by atoms with Gasteiger partial charge in [0.15, 0.2) is 0 Å². The van der Waals surface area contributed by atoms with Crippen molar-refractivity contribution in [1.29, 1.82) is 0 Å². The number of hydrogen-bond acceptors (Lipinski definition) is 2. The van der Waals surface area contributed by atoms with Gasteiger partial charge in [0, 0.05) is 18.1 Å². The third kappa shape index (κ3) is 2.92. The van der Waals surface area contributed by atoms with E-state index in [2.05, 4.69) is 46.6 Å². The SMILES string of the molecule is CC1CC(C)(C)CC1(CN)N(C)C1CCC(C)(C)CC1. The lowest BCUT2D eigenvalue weighted by Gasteiger charge is -2.49. The number of rotatable bonds is 3. The third-order valence-electron chi connectivity index (χ3n) is 6.47. The van der Waals surface area contributed by atoms with Crippen LogP contribution >= 0.6 is 0 Å². The summed E-state index contributed by atoms with van der Waals surface area (Å²) in [6.45, 7) is 12.9. The van der Waals surface area contributed by atoms with Gasteiger partial charge in [-0.15, -0.1) is 0 Å². The molecule has 2 unspecified atom stereocenters. The number of likely N-dealkylation sites (N-methyl/N-ethyl adjacent to an activating group) is 1. The maximum Gasteiger partial charge on any atom is 0.0362 e. The molecule has 0 aliphatic heterocycles. The Bertz CT molecular complexity index is 337. The molecule has 0 saturated heterocycles. The van der Waals surface area contributed by atoms with Crippen molar-refractivity contribution >= 4 is 0 Å². The lowest BCUT2D eigenvalue weighted by atomic mass is 9.73. The maximum absolute atomic E-state index is 6.30. The fourth-order valence-corrected chi connectivity index (χ4v) is 5.12. The highest BCUT2D eigenvalue weighted by molar-refractivity contribution is 5.07. The molecule has 0 radical (unpaired) electrons. The predicted octanol–water partition coefficient (Wildman–Crippen LogP) is 4.04. The molecular formula is C18H36N2. The lowest BCUT2D eigenvalue weighted by Crippen LogP contribution is -2.58. The minimum Gasteiger partial charge on any atom is -0.329 e. The van der Waals surface area contributed by atoms with Crippen LogP contribution in [0.1, 0.15) is 73.1 Å². The smallest absolute Gasteiger partial charge is 0.0362 e. The summed E-state index contributed by atoms with van der Waals surface area (Å²) < 4.78 is 0. The van der Waals surface area contributed by atoms with Gasteiger partial charge in [-0.2, -0.15) is 0 Å². The van der Waals surface area contributed by atoms with E-state index >= 15 is 0 Å². The summed E-state index contributed by atoms with van der Waals surface area (Å²) in [4.78, 5) is 2.70. The molecule has 0 aromatic heterocycles. The fourth-order valence-electron chi connectivity index (χ4n) is 5.12. The average Bonchev–Trinajstić information content (AvgIpc) is 2.58. The van der Waals surface area contributed by atoms with E-state index in [1.807, 2.05) is 0 Å². The zero-order chi connectivity index (χ0) is 15.2. The zero-order valence-corrected chi connectivity index (χ0v) is 14.6. The van der Waals surface area contributed by atoms with Crippen LogP contribution in [-0.2, 0) is 0 Å². The largest absolute Gasteiger partial charge is 0.329 e. The molecule has 20 heavy (non-hydrogen) atoms. The first-order valence-corrected chi connectivity index (χ1v) is 8.55. The van der Waals surface area contributed by atoms with Crippen LogP contribution < -0.4 is 5.73 Å². The molecule has 2 aliphatic rings. The first-order chi connectivity index (χ1) is 9.12. The number of nitrogens with zero attached hydrogens (tertiary/aromatic N) is 1. The van der Waals surface area contributed by atoms with E-state index < -0.39 is 0 Å². The Morgan fingerprint density at radius 2 is 1.60 bits per heavy atom. The van der Waals surface area contributed by atoms with Crippen molar-refractivity contribution in [1.82, 2.24) is 4.90 Å². The van der Waals surface area contributed by atoms with Crippen molar-refractivity contribution in [2.24, 2.45) is 22.5 Å². The van der Waals surface area contributed by atoms with Crippen LogP contribution in [0, 0.1) is 16.7 Å². The lowest BCUT2D eigenvalue weighted by molar-refractivity contribution is 0.0134. The van der Waals surface area contributed by atoms with E-state index in [9.17, 15) is 0 Å². The van der Waals surface area contributed by atoms with Crippen molar-refractivity contribution in [2.45, 2.75) is 84.7 Å². The molecule has 2 atom stereocenters. The van der Waals surface area contributed by atoms with E-state index in [0.29, 0.717) is 16.7 Å². The molecule has 2 fully saturated rings. The van der Waals surface area contributed by atoms with Crippen molar-refractivity contribution in [3.8, 4) is 0 Å². The van der Waals surface area contributed by atoms with Crippen LogP contribution in [0.5, 0.6) is 0 Å². The van der Waals surface area contributed by atoms with Gasteiger partial charge in [-0.1, -0.05) is 34.6 Å². The van der Waals surface area contributed by atoms with Crippen LogP contribution in [0.4, 0.5) is 0 Å². The molecule has 0 aromatic rings. The van der Waals surface area contributed by atoms with Gasteiger partial charge in [-0.3, -0.25) is 4.90 Å². The molecule has 2 rings (SSSR count). The minimum absolute atomic E-state index is 0.232. The maximum atomic E-state index is 6.30. The van der Waals surface area contributed by atoms with E-state index in [1.165, 1.54) is 38.5 Å². The standard InChI is InChI=1S/C18H36N2/c1-14-11-17(4,5)12-18(14,13-19)20(6)15-7-9-16(2,3)10-8-15/h14-15H,7-13,19H2,1-6H3. The molecule has 2 saturated carbocycles. The summed E-state index contributed by atoms with van der Waals surface area (Å²) in [7, 11) is 2.35. The Hall–Kier alpha value is -0.0800. The average molecular weight is 280 g/mol. The number of hydrogen-bond donors (Lipinski definition) is 1. The fraction of sp³-hybridized carbons (Fsp3) is 1.00. The second-order valence-corrected chi connectivity index (χ2v) is 9.26. The van der Waals surface area contributed by atoms with Crippen LogP contribution in [-0.4, -0.2) is 30.1 Å². The normalized spacial score (nSPS) is 37.5. The highest BCUT2D eigenvalue weighted by Crippen LogP contribution is 2.51. The second-order valence-electron chi connectivity index (χ2n) is 9.26. The van der Waals surface area contributed by atoms with Gasteiger partial charge in [0.05, 0.1) is 0 Å². The Balaban J connectivity index is 2.12. The van der Waals surface area contributed by atoms with E-state index in [1.54, 1.807) is 0 Å². The molecule has 0 heterocycles. The first kappa shape index (κ1) is 16.3. The molecule has 2 nitrogen and oxygen atoms in total. The summed E-state index contributed by atoms with van der Waals surface area (Å²) in [5.41, 5.74) is 7.53. The summed E-state index contributed by atoms with van der Waals surface area (Å²) in [6, 6.07) is 0.739. The summed E-state index contributed by atoms with van der Waals surface area (Å²) in [5, 5.41) is 0. The summed E-state index contributed by atoms with van der Waals surface area (Å²) in [5.74, 6) is 0.711. The third-order valence-corrected chi connectivity index (χ3v) is 6.47. The van der Waals surface area contributed by atoms with Crippen molar-refractivity contribution in [2.75, 3.05) is 13.6 Å². The monoisotopic (exact) mass is 280 g/mol. The minimum atomic E-state index is 0.232. The Kier molecular flexibility index (Phi) is 4.30. The first-order valence-electron chi connectivity index (χ1n) is 8.55. The Morgan fingerprint density at radius 1 is 1.05 bits per heavy atom. The Labute approximate surface area is 126 Å².